The van der Waals surface area contributed by atoms with E-state index in [0.29, 0.717) is 6.42 Å². The summed E-state index contributed by atoms with van der Waals surface area (Å²) in [5.41, 5.74) is 8.32. The molecule has 1 aliphatic carbocycles. The van der Waals surface area contributed by atoms with Crippen LogP contribution in [0.2, 0.25) is 0 Å². The molecule has 0 radical (unpaired) electrons. The number of carbonyl (C=O) groups excluding carboxylic acids is 1. The Balaban J connectivity index is 1.99. The molecule has 1 atom stereocenters. The summed E-state index contributed by atoms with van der Waals surface area (Å²) in [7, 11) is 1.87. The molecule has 0 aromatic heterocycles. The molecule has 3 heteroatoms. The van der Waals surface area contributed by atoms with Crippen molar-refractivity contribution in [1.29, 1.82) is 0 Å². The van der Waals surface area contributed by atoms with Gasteiger partial charge >= 0.3 is 0 Å². The van der Waals surface area contributed by atoms with Gasteiger partial charge in [-0.05, 0) is 38.7 Å². The Bertz CT molecular complexity index is 448. The van der Waals surface area contributed by atoms with E-state index < -0.39 is 0 Å². The van der Waals surface area contributed by atoms with E-state index in [4.69, 9.17) is 5.73 Å². The van der Waals surface area contributed by atoms with Gasteiger partial charge in [-0.1, -0.05) is 29.8 Å². The SMILES string of the molecule is Cc1ccc(C(C)N(C)C(=O)CC2(N)CCC2)cc1. The standard InChI is InChI=1S/C16H24N2O/c1-12-5-7-14(8-6-12)13(2)18(3)15(19)11-16(17)9-4-10-16/h5-8,13H,4,9-11,17H2,1-3H3. The lowest BCUT2D eigenvalue weighted by atomic mass is 9.75. The van der Waals surface area contributed by atoms with Gasteiger partial charge in [0.25, 0.3) is 0 Å². The summed E-state index contributed by atoms with van der Waals surface area (Å²) in [6.45, 7) is 4.13. The van der Waals surface area contributed by atoms with Gasteiger partial charge in [-0.15, -0.1) is 0 Å². The van der Waals surface area contributed by atoms with Gasteiger partial charge in [-0.25, -0.2) is 0 Å². The Labute approximate surface area is 115 Å². The van der Waals surface area contributed by atoms with Crippen LogP contribution in [0.3, 0.4) is 0 Å². The number of carbonyl (C=O) groups is 1. The van der Waals surface area contributed by atoms with E-state index in [1.54, 1.807) is 0 Å². The second-order valence-electron chi connectivity index (χ2n) is 5.98. The smallest absolute Gasteiger partial charge is 0.224 e. The maximum Gasteiger partial charge on any atom is 0.224 e. The highest BCUT2D eigenvalue weighted by Gasteiger charge is 2.36. The van der Waals surface area contributed by atoms with E-state index in [0.717, 1.165) is 19.3 Å². The van der Waals surface area contributed by atoms with Crippen LogP contribution in [0.5, 0.6) is 0 Å². The molecule has 1 unspecified atom stereocenters. The van der Waals surface area contributed by atoms with Crippen molar-refractivity contribution in [3.8, 4) is 0 Å². The maximum atomic E-state index is 12.3. The Kier molecular flexibility index (Phi) is 3.95. The molecule has 0 bridgehead atoms. The van der Waals surface area contributed by atoms with Crippen LogP contribution in [0.25, 0.3) is 0 Å². The summed E-state index contributed by atoms with van der Waals surface area (Å²) in [6.07, 6.45) is 3.58. The number of nitrogens with two attached hydrogens (primary N) is 1. The number of amides is 1. The fourth-order valence-electron chi connectivity index (χ4n) is 2.52. The molecule has 104 valence electrons. The molecule has 2 N–H and O–H groups in total. The van der Waals surface area contributed by atoms with Crippen molar-refractivity contribution in [1.82, 2.24) is 4.90 Å². The number of rotatable bonds is 4. The normalized spacial score (nSPS) is 18.5. The van der Waals surface area contributed by atoms with Crippen LogP contribution in [0.4, 0.5) is 0 Å². The first-order valence-electron chi connectivity index (χ1n) is 7.02. The van der Waals surface area contributed by atoms with Crippen molar-refractivity contribution in [3.63, 3.8) is 0 Å². The number of nitrogens with zero attached hydrogens (tertiary/aromatic N) is 1. The Morgan fingerprint density at radius 1 is 1.37 bits per heavy atom. The first kappa shape index (κ1) is 14.1. The van der Waals surface area contributed by atoms with Crippen LogP contribution >= 0.6 is 0 Å². The predicted molar refractivity (Wildman–Crippen MR) is 77.8 cm³/mol. The molecule has 0 saturated heterocycles. The highest BCUT2D eigenvalue weighted by atomic mass is 16.2. The summed E-state index contributed by atoms with van der Waals surface area (Å²) in [4.78, 5) is 14.1. The molecule has 1 aromatic rings. The zero-order chi connectivity index (χ0) is 14.0. The summed E-state index contributed by atoms with van der Waals surface area (Å²) in [5, 5.41) is 0. The molecule has 3 nitrogen and oxygen atoms in total. The zero-order valence-corrected chi connectivity index (χ0v) is 12.1. The largest absolute Gasteiger partial charge is 0.339 e. The van der Waals surface area contributed by atoms with E-state index in [-0.39, 0.29) is 17.5 Å². The van der Waals surface area contributed by atoms with Crippen molar-refractivity contribution in [2.24, 2.45) is 5.73 Å². The van der Waals surface area contributed by atoms with Crippen molar-refractivity contribution in [2.45, 2.75) is 51.1 Å². The minimum Gasteiger partial charge on any atom is -0.339 e. The van der Waals surface area contributed by atoms with Crippen molar-refractivity contribution < 1.29 is 4.79 Å². The minimum atomic E-state index is -0.238. The quantitative estimate of drug-likeness (QED) is 0.905. The lowest BCUT2D eigenvalue weighted by Gasteiger charge is -2.39. The molecule has 0 spiro atoms. The van der Waals surface area contributed by atoms with Gasteiger partial charge in [0.1, 0.15) is 0 Å². The summed E-state index contributed by atoms with van der Waals surface area (Å²) in [5.74, 6) is 0.148. The average molecular weight is 260 g/mol. The topological polar surface area (TPSA) is 46.3 Å². The first-order valence-corrected chi connectivity index (χ1v) is 7.02. The van der Waals surface area contributed by atoms with E-state index in [2.05, 4.69) is 38.1 Å². The van der Waals surface area contributed by atoms with Crippen LogP contribution in [0.15, 0.2) is 24.3 Å². The first-order chi connectivity index (χ1) is 8.91. The molecule has 0 heterocycles. The summed E-state index contributed by atoms with van der Waals surface area (Å²) < 4.78 is 0. The molecule has 2 rings (SSSR count). The second-order valence-corrected chi connectivity index (χ2v) is 5.98. The van der Waals surface area contributed by atoms with Gasteiger partial charge in [0, 0.05) is 19.0 Å². The third-order valence-corrected chi connectivity index (χ3v) is 4.39. The fraction of sp³-hybridized carbons (Fsp3) is 0.562. The highest BCUT2D eigenvalue weighted by Crippen LogP contribution is 2.33. The third kappa shape index (κ3) is 3.16. The number of hydrogen-bond donors (Lipinski definition) is 1. The van der Waals surface area contributed by atoms with Crippen LogP contribution in [0.1, 0.15) is 49.8 Å². The monoisotopic (exact) mass is 260 g/mol. The predicted octanol–water partition coefficient (Wildman–Crippen LogP) is 2.79. The molecule has 1 saturated carbocycles. The van der Waals surface area contributed by atoms with E-state index in [1.807, 2.05) is 11.9 Å². The Morgan fingerprint density at radius 2 is 1.95 bits per heavy atom. The van der Waals surface area contributed by atoms with Gasteiger partial charge in [0.05, 0.1) is 6.04 Å². The molecule has 1 fully saturated rings. The van der Waals surface area contributed by atoms with Crippen LogP contribution in [0, 0.1) is 6.92 Å². The molecular weight excluding hydrogens is 236 g/mol. The zero-order valence-electron chi connectivity index (χ0n) is 12.1. The summed E-state index contributed by atoms with van der Waals surface area (Å²) in [6, 6.07) is 8.44. The van der Waals surface area contributed by atoms with E-state index in [1.165, 1.54) is 11.1 Å². The fourth-order valence-corrected chi connectivity index (χ4v) is 2.52. The third-order valence-electron chi connectivity index (χ3n) is 4.39. The average Bonchev–Trinajstić information content (AvgIpc) is 2.36. The lowest BCUT2D eigenvalue weighted by molar-refractivity contribution is -0.133. The van der Waals surface area contributed by atoms with E-state index in [9.17, 15) is 4.79 Å². The number of benzene rings is 1. The van der Waals surface area contributed by atoms with Crippen molar-refractivity contribution >= 4 is 5.91 Å². The highest BCUT2D eigenvalue weighted by molar-refractivity contribution is 5.77. The molecule has 19 heavy (non-hydrogen) atoms. The molecule has 1 amide bonds. The Morgan fingerprint density at radius 3 is 2.42 bits per heavy atom. The number of aryl methyl sites for hydroxylation is 1. The summed E-state index contributed by atoms with van der Waals surface area (Å²) >= 11 is 0. The molecule has 1 aromatic carbocycles. The van der Waals surface area contributed by atoms with Gasteiger partial charge in [-0.3, -0.25) is 4.79 Å². The molecular formula is C16H24N2O. The van der Waals surface area contributed by atoms with E-state index >= 15 is 0 Å². The minimum absolute atomic E-state index is 0.0942. The number of hydrogen-bond acceptors (Lipinski definition) is 2. The molecule has 0 aliphatic heterocycles. The van der Waals surface area contributed by atoms with Crippen molar-refractivity contribution in [2.75, 3.05) is 7.05 Å². The molecule has 1 aliphatic rings. The van der Waals surface area contributed by atoms with Gasteiger partial charge < -0.3 is 10.6 Å². The van der Waals surface area contributed by atoms with Crippen LogP contribution in [-0.4, -0.2) is 23.4 Å². The van der Waals surface area contributed by atoms with Crippen molar-refractivity contribution in [3.05, 3.63) is 35.4 Å². The van der Waals surface area contributed by atoms with Crippen LogP contribution < -0.4 is 5.73 Å². The van der Waals surface area contributed by atoms with Gasteiger partial charge in [0.2, 0.25) is 5.91 Å². The lowest BCUT2D eigenvalue weighted by Crippen LogP contribution is -2.50. The van der Waals surface area contributed by atoms with Crippen LogP contribution in [-0.2, 0) is 4.79 Å². The Hall–Kier alpha value is -1.35. The maximum absolute atomic E-state index is 12.3. The van der Waals surface area contributed by atoms with Gasteiger partial charge in [-0.2, -0.15) is 0 Å². The second kappa shape index (κ2) is 5.33. The van der Waals surface area contributed by atoms with Gasteiger partial charge in [0.15, 0.2) is 0 Å².